The van der Waals surface area contributed by atoms with E-state index in [4.69, 9.17) is 25.8 Å². The molecule has 0 aliphatic heterocycles. The van der Waals surface area contributed by atoms with Crippen LogP contribution in [0.15, 0.2) is 65.8 Å². The van der Waals surface area contributed by atoms with Gasteiger partial charge in [0.15, 0.2) is 11.5 Å². The molecule has 0 heterocycles. The minimum atomic E-state index is -0.964. The number of hydrogen-bond acceptors (Lipinski definition) is 7. The molecule has 3 rings (SSSR count). The van der Waals surface area contributed by atoms with Gasteiger partial charge in [0.1, 0.15) is 5.75 Å². The summed E-state index contributed by atoms with van der Waals surface area (Å²) in [5.41, 5.74) is 4.20. The average molecular weight is 496 g/mol. The molecule has 180 valence electrons. The number of carbonyl (C=O) groups excluding carboxylic acids is 3. The third kappa shape index (κ3) is 6.81. The predicted octanol–water partition coefficient (Wildman–Crippen LogP) is 3.97. The fourth-order valence-corrected chi connectivity index (χ4v) is 3.01. The Morgan fingerprint density at radius 2 is 1.71 bits per heavy atom. The number of aryl methyl sites for hydroxylation is 1. The van der Waals surface area contributed by atoms with Gasteiger partial charge in [0, 0.05) is 10.7 Å². The van der Waals surface area contributed by atoms with Gasteiger partial charge < -0.3 is 19.5 Å². The molecule has 2 N–H and O–H groups in total. The summed E-state index contributed by atoms with van der Waals surface area (Å²) < 4.78 is 15.8. The first-order chi connectivity index (χ1) is 16.8. The van der Waals surface area contributed by atoms with Crippen molar-refractivity contribution < 1.29 is 28.6 Å². The van der Waals surface area contributed by atoms with Gasteiger partial charge in [-0.3, -0.25) is 9.59 Å². The lowest BCUT2D eigenvalue weighted by Crippen LogP contribution is -2.32. The van der Waals surface area contributed by atoms with Crippen LogP contribution in [0, 0.1) is 6.92 Å². The minimum absolute atomic E-state index is 0.192. The maximum atomic E-state index is 12.5. The number of ether oxygens (including phenoxy) is 3. The van der Waals surface area contributed by atoms with E-state index in [0.717, 1.165) is 5.56 Å². The van der Waals surface area contributed by atoms with Crippen molar-refractivity contribution in [2.45, 2.75) is 6.92 Å². The van der Waals surface area contributed by atoms with Gasteiger partial charge in [-0.15, -0.1) is 0 Å². The second-order valence-electron chi connectivity index (χ2n) is 7.15. The summed E-state index contributed by atoms with van der Waals surface area (Å²) in [6, 6.07) is 16.1. The summed E-state index contributed by atoms with van der Waals surface area (Å²) in [5, 5.41) is 6.68. The molecule has 3 aromatic rings. The van der Waals surface area contributed by atoms with E-state index in [2.05, 4.69) is 15.8 Å². The number of carbonyl (C=O) groups is 3. The largest absolute Gasteiger partial charge is 0.497 e. The number of benzene rings is 3. The smallest absolute Gasteiger partial charge is 0.343 e. The SMILES string of the molecule is COc1cccc(C(=O)Oc2ccc(/C=N/NC(=O)C(=O)Nc3ccc(C)c(Cl)c3)cc2OC)c1. The third-order valence-electron chi connectivity index (χ3n) is 4.71. The number of halogens is 1. The van der Waals surface area contributed by atoms with Gasteiger partial charge in [0.05, 0.1) is 26.0 Å². The molecule has 0 aliphatic rings. The van der Waals surface area contributed by atoms with Crippen molar-refractivity contribution in [1.82, 2.24) is 5.43 Å². The molecule has 35 heavy (non-hydrogen) atoms. The Balaban J connectivity index is 1.61. The summed E-state index contributed by atoms with van der Waals surface area (Å²) in [6.07, 6.45) is 1.31. The third-order valence-corrected chi connectivity index (χ3v) is 5.12. The molecule has 0 saturated heterocycles. The molecule has 2 amide bonds. The van der Waals surface area contributed by atoms with E-state index in [-0.39, 0.29) is 11.5 Å². The highest BCUT2D eigenvalue weighted by Gasteiger charge is 2.15. The van der Waals surface area contributed by atoms with Gasteiger partial charge in [-0.1, -0.05) is 23.7 Å². The van der Waals surface area contributed by atoms with E-state index in [0.29, 0.717) is 27.6 Å². The van der Waals surface area contributed by atoms with E-state index in [1.54, 1.807) is 54.6 Å². The molecule has 0 atom stereocenters. The first-order valence-electron chi connectivity index (χ1n) is 10.3. The van der Waals surface area contributed by atoms with Crippen molar-refractivity contribution in [2.75, 3.05) is 19.5 Å². The zero-order valence-electron chi connectivity index (χ0n) is 19.1. The van der Waals surface area contributed by atoms with E-state index in [1.807, 2.05) is 6.92 Å². The molecular formula is C25H22ClN3O6. The van der Waals surface area contributed by atoms with Crippen LogP contribution >= 0.6 is 11.6 Å². The number of rotatable bonds is 7. The van der Waals surface area contributed by atoms with Crippen molar-refractivity contribution in [3.8, 4) is 17.2 Å². The lowest BCUT2D eigenvalue weighted by Gasteiger charge is -2.10. The standard InChI is InChI=1S/C25H22ClN3O6/c1-15-7-9-18(13-20(15)26)28-23(30)24(31)29-27-14-16-8-10-21(22(11-16)34-3)35-25(32)17-5-4-6-19(12-17)33-2/h4-14H,1-3H3,(H,28,30)(H,29,31)/b27-14+. The summed E-state index contributed by atoms with van der Waals surface area (Å²) >= 11 is 6.02. The Bertz CT molecular complexity index is 1290. The maximum absolute atomic E-state index is 12.5. The normalized spacial score (nSPS) is 10.5. The van der Waals surface area contributed by atoms with Crippen LogP contribution in [0.4, 0.5) is 5.69 Å². The van der Waals surface area contributed by atoms with E-state index in [1.165, 1.54) is 26.5 Å². The van der Waals surface area contributed by atoms with Crippen LogP contribution in [0.2, 0.25) is 5.02 Å². The summed E-state index contributed by atoms with van der Waals surface area (Å²) in [6.45, 7) is 1.82. The Labute approximate surface area is 206 Å². The van der Waals surface area contributed by atoms with Gasteiger partial charge in [-0.05, 0) is 66.6 Å². The van der Waals surface area contributed by atoms with E-state index >= 15 is 0 Å². The monoisotopic (exact) mass is 495 g/mol. The molecule has 0 saturated carbocycles. The van der Waals surface area contributed by atoms with Crippen LogP contribution in [0.25, 0.3) is 0 Å². The molecule has 0 unspecified atom stereocenters. The van der Waals surface area contributed by atoms with E-state index < -0.39 is 17.8 Å². The number of nitrogens with one attached hydrogen (secondary N) is 2. The zero-order valence-corrected chi connectivity index (χ0v) is 19.9. The van der Waals surface area contributed by atoms with Gasteiger partial charge in [-0.25, -0.2) is 10.2 Å². The summed E-state index contributed by atoms with van der Waals surface area (Å²) in [5.74, 6) is -1.47. The fraction of sp³-hybridized carbons (Fsp3) is 0.120. The van der Waals surface area contributed by atoms with Crippen molar-refractivity contribution >= 4 is 41.3 Å². The lowest BCUT2D eigenvalue weighted by atomic mass is 10.2. The number of hydrogen-bond donors (Lipinski definition) is 2. The highest BCUT2D eigenvalue weighted by molar-refractivity contribution is 6.39. The quantitative estimate of drug-likeness (QED) is 0.168. The molecule has 0 spiro atoms. The molecule has 10 heteroatoms. The first-order valence-corrected chi connectivity index (χ1v) is 10.6. The Kier molecular flexibility index (Phi) is 8.42. The van der Waals surface area contributed by atoms with E-state index in [9.17, 15) is 14.4 Å². The highest BCUT2D eigenvalue weighted by Crippen LogP contribution is 2.28. The molecule has 0 fully saturated rings. The number of hydrazone groups is 1. The predicted molar refractivity (Wildman–Crippen MR) is 132 cm³/mol. The van der Waals surface area contributed by atoms with Gasteiger partial charge in [-0.2, -0.15) is 5.10 Å². The van der Waals surface area contributed by atoms with Crippen molar-refractivity contribution in [1.29, 1.82) is 0 Å². The minimum Gasteiger partial charge on any atom is -0.497 e. The van der Waals surface area contributed by atoms with Crippen molar-refractivity contribution in [2.24, 2.45) is 5.10 Å². The van der Waals surface area contributed by atoms with Crippen LogP contribution in [0.3, 0.4) is 0 Å². The number of methoxy groups -OCH3 is 2. The zero-order chi connectivity index (χ0) is 25.4. The van der Waals surface area contributed by atoms with Gasteiger partial charge in [0.25, 0.3) is 0 Å². The number of anilines is 1. The number of nitrogens with zero attached hydrogens (tertiary/aromatic N) is 1. The summed E-state index contributed by atoms with van der Waals surface area (Å²) in [4.78, 5) is 36.5. The second kappa shape index (κ2) is 11.7. The van der Waals surface area contributed by atoms with Crippen LogP contribution in [0.1, 0.15) is 21.5 Å². The maximum Gasteiger partial charge on any atom is 0.343 e. The van der Waals surface area contributed by atoms with Crippen molar-refractivity contribution in [3.05, 3.63) is 82.4 Å². The van der Waals surface area contributed by atoms with Crippen LogP contribution < -0.4 is 25.0 Å². The Morgan fingerprint density at radius 3 is 2.43 bits per heavy atom. The molecule has 0 radical (unpaired) electrons. The first kappa shape index (κ1) is 25.3. The van der Waals surface area contributed by atoms with Crippen LogP contribution in [-0.2, 0) is 9.59 Å². The molecular weight excluding hydrogens is 474 g/mol. The molecule has 3 aromatic carbocycles. The number of amides is 2. The summed E-state index contributed by atoms with van der Waals surface area (Å²) in [7, 11) is 2.92. The lowest BCUT2D eigenvalue weighted by molar-refractivity contribution is -0.136. The fourth-order valence-electron chi connectivity index (χ4n) is 2.83. The molecule has 0 aliphatic carbocycles. The second-order valence-corrected chi connectivity index (χ2v) is 7.56. The van der Waals surface area contributed by atoms with Gasteiger partial charge in [0.2, 0.25) is 0 Å². The Hall–Kier alpha value is -4.37. The van der Waals surface area contributed by atoms with Crippen LogP contribution in [-0.4, -0.2) is 38.2 Å². The molecule has 0 aromatic heterocycles. The average Bonchev–Trinajstić information content (AvgIpc) is 2.86. The molecule has 0 bridgehead atoms. The van der Waals surface area contributed by atoms with Crippen molar-refractivity contribution in [3.63, 3.8) is 0 Å². The van der Waals surface area contributed by atoms with Gasteiger partial charge >= 0.3 is 17.8 Å². The van der Waals surface area contributed by atoms with Crippen LogP contribution in [0.5, 0.6) is 17.2 Å². The molecule has 9 nitrogen and oxygen atoms in total. The highest BCUT2D eigenvalue weighted by atomic mass is 35.5. The topological polar surface area (TPSA) is 115 Å². The number of esters is 1. The Morgan fingerprint density at radius 1 is 0.914 bits per heavy atom.